The van der Waals surface area contributed by atoms with Gasteiger partial charge < -0.3 is 25.2 Å². The van der Waals surface area contributed by atoms with Gasteiger partial charge in [0.2, 0.25) is 0 Å². The predicted molar refractivity (Wildman–Crippen MR) is 75.7 cm³/mol. The number of phenolic OH excluding ortho intramolecular Hbond substituents is 3. The fourth-order valence-corrected chi connectivity index (χ4v) is 2.70. The Morgan fingerprint density at radius 2 is 1.71 bits per heavy atom. The summed E-state index contributed by atoms with van der Waals surface area (Å²) in [5.74, 6) is 0.234. The van der Waals surface area contributed by atoms with Crippen molar-refractivity contribution in [2.75, 3.05) is 0 Å². The van der Waals surface area contributed by atoms with Gasteiger partial charge in [-0.3, -0.25) is 0 Å². The van der Waals surface area contributed by atoms with Crippen molar-refractivity contribution in [3.63, 3.8) is 0 Å². The Morgan fingerprint density at radius 1 is 1.00 bits per heavy atom. The Kier molecular flexibility index (Phi) is 3.14. The van der Waals surface area contributed by atoms with E-state index in [2.05, 4.69) is 0 Å². The largest absolute Gasteiger partial charge is 0.508 e. The van der Waals surface area contributed by atoms with Crippen molar-refractivity contribution in [3.05, 3.63) is 47.0 Å². The number of fused-ring (bicyclic) bond motifs is 1. The maximum Gasteiger partial charge on any atom is 0.150 e. The van der Waals surface area contributed by atoms with E-state index in [1.165, 1.54) is 18.2 Å². The van der Waals surface area contributed by atoms with E-state index >= 15 is 0 Å². The van der Waals surface area contributed by atoms with Crippen LogP contribution in [0.15, 0.2) is 30.3 Å². The van der Waals surface area contributed by atoms with Gasteiger partial charge in [0.1, 0.15) is 29.1 Å². The third-order valence-electron chi connectivity index (χ3n) is 3.60. The van der Waals surface area contributed by atoms with Gasteiger partial charge in [-0.05, 0) is 30.2 Å². The summed E-state index contributed by atoms with van der Waals surface area (Å²) in [6, 6.07) is 7.59. The first kappa shape index (κ1) is 13.6. The minimum absolute atomic E-state index is 0.102. The minimum Gasteiger partial charge on any atom is -0.508 e. The molecule has 110 valence electrons. The third kappa shape index (κ3) is 2.48. The van der Waals surface area contributed by atoms with Crippen LogP contribution >= 0.6 is 0 Å². The molecule has 5 nitrogen and oxygen atoms in total. The second-order valence-electron chi connectivity index (χ2n) is 5.35. The smallest absolute Gasteiger partial charge is 0.150 e. The average Bonchev–Trinajstić information content (AvgIpc) is 2.38. The molecule has 5 heteroatoms. The van der Waals surface area contributed by atoms with E-state index in [9.17, 15) is 20.4 Å². The Morgan fingerprint density at radius 3 is 2.43 bits per heavy atom. The van der Waals surface area contributed by atoms with E-state index in [0.29, 0.717) is 16.9 Å². The fourth-order valence-electron chi connectivity index (χ4n) is 2.70. The van der Waals surface area contributed by atoms with Gasteiger partial charge in [-0.15, -0.1) is 0 Å². The Balaban J connectivity index is 2.02. The summed E-state index contributed by atoms with van der Waals surface area (Å²) in [7, 11) is 0. The lowest BCUT2D eigenvalue weighted by molar-refractivity contribution is 0.0197. The van der Waals surface area contributed by atoms with E-state index in [4.69, 9.17) is 4.74 Å². The van der Waals surface area contributed by atoms with Crippen LogP contribution in [0.3, 0.4) is 0 Å². The molecule has 2 aromatic carbocycles. The summed E-state index contributed by atoms with van der Waals surface area (Å²) < 4.78 is 5.72. The standard InChI is InChI=1S/C16H16O5/c1-8-2-9(4-10(17)3-8)16-14(20)7-12-13(19)5-11(18)6-15(12)21-16/h2-6,14,16-20H,7H2,1H3/t14-,16-/m0/s1. The summed E-state index contributed by atoms with van der Waals surface area (Å²) in [6.45, 7) is 1.84. The minimum atomic E-state index is -0.853. The maximum atomic E-state index is 10.3. The molecule has 0 fully saturated rings. The fraction of sp³-hybridized carbons (Fsp3) is 0.250. The first-order valence-corrected chi connectivity index (χ1v) is 6.64. The van der Waals surface area contributed by atoms with Crippen LogP contribution in [0.5, 0.6) is 23.0 Å². The first-order chi connectivity index (χ1) is 9.94. The number of ether oxygens (including phenoxy) is 1. The van der Waals surface area contributed by atoms with Crippen molar-refractivity contribution in [2.45, 2.75) is 25.6 Å². The number of aromatic hydroxyl groups is 3. The zero-order valence-electron chi connectivity index (χ0n) is 11.4. The molecule has 0 saturated carbocycles. The molecule has 3 rings (SSSR count). The summed E-state index contributed by atoms with van der Waals surface area (Å²) in [5, 5.41) is 39.3. The molecule has 0 saturated heterocycles. The average molecular weight is 288 g/mol. The normalized spacial score (nSPS) is 20.7. The first-order valence-electron chi connectivity index (χ1n) is 6.64. The highest BCUT2D eigenvalue weighted by atomic mass is 16.5. The van der Waals surface area contributed by atoms with Crippen molar-refractivity contribution >= 4 is 0 Å². The summed E-state index contributed by atoms with van der Waals surface area (Å²) in [6.07, 6.45) is -1.31. The highest BCUT2D eigenvalue weighted by molar-refractivity contribution is 5.51. The number of benzene rings is 2. The lowest BCUT2D eigenvalue weighted by Crippen LogP contribution is -2.30. The predicted octanol–water partition coefficient (Wildman–Crippen LogP) is 2.15. The van der Waals surface area contributed by atoms with Gasteiger partial charge in [0.15, 0.2) is 0 Å². The van der Waals surface area contributed by atoms with Crippen LogP contribution in [-0.4, -0.2) is 26.5 Å². The monoisotopic (exact) mass is 288 g/mol. The molecule has 2 atom stereocenters. The summed E-state index contributed by atoms with van der Waals surface area (Å²) in [4.78, 5) is 0. The second-order valence-corrected chi connectivity index (χ2v) is 5.35. The molecule has 0 aliphatic carbocycles. The highest BCUT2D eigenvalue weighted by Gasteiger charge is 2.32. The van der Waals surface area contributed by atoms with Crippen molar-refractivity contribution in [3.8, 4) is 23.0 Å². The van der Waals surface area contributed by atoms with Crippen molar-refractivity contribution in [2.24, 2.45) is 0 Å². The van der Waals surface area contributed by atoms with E-state index in [1.807, 2.05) is 13.0 Å². The molecule has 0 amide bonds. The van der Waals surface area contributed by atoms with Crippen LogP contribution in [-0.2, 0) is 6.42 Å². The maximum absolute atomic E-state index is 10.3. The van der Waals surface area contributed by atoms with Crippen LogP contribution in [0.4, 0.5) is 0 Å². The number of aliphatic hydroxyl groups is 1. The third-order valence-corrected chi connectivity index (χ3v) is 3.60. The van der Waals surface area contributed by atoms with E-state index in [0.717, 1.165) is 5.56 Å². The van der Waals surface area contributed by atoms with Crippen LogP contribution in [0.1, 0.15) is 22.8 Å². The molecule has 0 aromatic heterocycles. The summed E-state index contributed by atoms with van der Waals surface area (Å²) in [5.41, 5.74) is 1.97. The molecule has 0 unspecified atom stereocenters. The lowest BCUT2D eigenvalue weighted by atomic mass is 9.93. The van der Waals surface area contributed by atoms with E-state index < -0.39 is 12.2 Å². The van der Waals surface area contributed by atoms with Gasteiger partial charge in [-0.25, -0.2) is 0 Å². The van der Waals surface area contributed by atoms with Crippen molar-refractivity contribution < 1.29 is 25.2 Å². The molecular weight excluding hydrogens is 272 g/mol. The number of rotatable bonds is 1. The van der Waals surface area contributed by atoms with Crippen LogP contribution in [0.2, 0.25) is 0 Å². The van der Waals surface area contributed by atoms with Crippen LogP contribution in [0, 0.1) is 6.92 Å². The van der Waals surface area contributed by atoms with Crippen molar-refractivity contribution in [1.82, 2.24) is 0 Å². The zero-order valence-corrected chi connectivity index (χ0v) is 11.4. The number of hydrogen-bond acceptors (Lipinski definition) is 5. The van der Waals surface area contributed by atoms with Gasteiger partial charge in [-0.1, -0.05) is 6.07 Å². The van der Waals surface area contributed by atoms with Gasteiger partial charge in [0.05, 0.1) is 6.10 Å². The second kappa shape index (κ2) is 4.86. The number of aryl methyl sites for hydroxylation is 1. The van der Waals surface area contributed by atoms with Crippen LogP contribution < -0.4 is 4.74 Å². The van der Waals surface area contributed by atoms with Crippen LogP contribution in [0.25, 0.3) is 0 Å². The molecule has 2 aromatic rings. The lowest BCUT2D eigenvalue weighted by Gasteiger charge is -2.31. The quantitative estimate of drug-likeness (QED) is 0.645. The Labute approximate surface area is 121 Å². The van der Waals surface area contributed by atoms with Gasteiger partial charge in [0, 0.05) is 24.1 Å². The highest BCUT2D eigenvalue weighted by Crippen LogP contribution is 2.42. The summed E-state index contributed by atoms with van der Waals surface area (Å²) >= 11 is 0. The molecule has 1 heterocycles. The van der Waals surface area contributed by atoms with E-state index in [1.54, 1.807) is 6.07 Å². The molecule has 1 aliphatic rings. The van der Waals surface area contributed by atoms with Gasteiger partial charge in [0.25, 0.3) is 0 Å². The number of aliphatic hydroxyl groups excluding tert-OH is 1. The SMILES string of the molecule is Cc1cc(O)cc([C@@H]2Oc3cc(O)cc(O)c3C[C@@H]2O)c1. The number of hydrogen-bond donors (Lipinski definition) is 4. The Bertz CT molecular complexity index is 675. The molecule has 0 bridgehead atoms. The molecule has 0 spiro atoms. The zero-order chi connectivity index (χ0) is 15.1. The number of phenols is 3. The van der Waals surface area contributed by atoms with Gasteiger partial charge in [-0.2, -0.15) is 0 Å². The van der Waals surface area contributed by atoms with E-state index in [-0.39, 0.29) is 23.7 Å². The van der Waals surface area contributed by atoms with Gasteiger partial charge >= 0.3 is 0 Å². The van der Waals surface area contributed by atoms with Crippen molar-refractivity contribution in [1.29, 1.82) is 0 Å². The molecule has 21 heavy (non-hydrogen) atoms. The molecule has 4 N–H and O–H groups in total. The molecule has 0 radical (unpaired) electrons. The topological polar surface area (TPSA) is 90.2 Å². The Hall–Kier alpha value is -2.40. The molecular formula is C16H16O5. The molecule has 1 aliphatic heterocycles.